The van der Waals surface area contributed by atoms with Crippen molar-refractivity contribution in [3.63, 3.8) is 0 Å². The van der Waals surface area contributed by atoms with Gasteiger partial charge in [0, 0.05) is 11.1 Å². The van der Waals surface area contributed by atoms with Gasteiger partial charge in [0.25, 0.3) is 5.91 Å². The van der Waals surface area contributed by atoms with E-state index in [0.29, 0.717) is 29.3 Å². The third-order valence-corrected chi connectivity index (χ3v) is 5.68. The Morgan fingerprint density at radius 3 is 2.84 bits per heavy atom. The molecule has 0 aliphatic heterocycles. The number of nitrogens with one attached hydrogen (secondary N) is 2. The molecule has 160 valence electrons. The van der Waals surface area contributed by atoms with Crippen LogP contribution < -0.4 is 10.2 Å². The molecule has 3 aromatic carbocycles. The number of aromatic nitrogens is 2. The number of carbonyl (C=O) groups excluding carboxylic acids is 1. The van der Waals surface area contributed by atoms with Crippen LogP contribution in [0.4, 0.5) is 0 Å². The highest BCUT2D eigenvalue weighted by Gasteiger charge is 2.18. The van der Waals surface area contributed by atoms with E-state index in [1.165, 1.54) is 22.7 Å². The summed E-state index contributed by atoms with van der Waals surface area (Å²) in [6.45, 7) is 2.27. The van der Waals surface area contributed by atoms with Gasteiger partial charge in [-0.3, -0.25) is 9.89 Å². The molecule has 0 saturated carbocycles. The maximum absolute atomic E-state index is 12.5. The van der Waals surface area contributed by atoms with Gasteiger partial charge < -0.3 is 9.84 Å². The number of aromatic hydroxyl groups is 1. The molecule has 1 aromatic heterocycles. The second-order valence-corrected chi connectivity index (χ2v) is 7.60. The van der Waals surface area contributed by atoms with E-state index in [2.05, 4.69) is 51.1 Å². The fourth-order valence-corrected chi connectivity index (χ4v) is 4.18. The molecule has 0 spiro atoms. The summed E-state index contributed by atoms with van der Waals surface area (Å²) in [5.74, 6) is -0.0824. The van der Waals surface area contributed by atoms with E-state index in [1.807, 2.05) is 6.92 Å². The van der Waals surface area contributed by atoms with Gasteiger partial charge >= 0.3 is 0 Å². The molecular formula is C25H22N4O3. The number of rotatable bonds is 6. The number of phenols is 1. The molecule has 0 radical (unpaired) electrons. The van der Waals surface area contributed by atoms with Gasteiger partial charge in [-0.15, -0.1) is 0 Å². The number of aryl methyl sites for hydroxylation is 2. The number of hydrogen-bond donors (Lipinski definition) is 3. The molecule has 0 bridgehead atoms. The van der Waals surface area contributed by atoms with Crippen LogP contribution in [-0.4, -0.2) is 34.0 Å². The summed E-state index contributed by atoms with van der Waals surface area (Å²) in [7, 11) is 0. The first-order valence-electron chi connectivity index (χ1n) is 10.5. The molecule has 3 N–H and O–H groups in total. The van der Waals surface area contributed by atoms with Crippen LogP contribution in [0.5, 0.6) is 11.5 Å². The average molecular weight is 426 g/mol. The monoisotopic (exact) mass is 426 g/mol. The van der Waals surface area contributed by atoms with E-state index in [-0.39, 0.29) is 5.75 Å². The summed E-state index contributed by atoms with van der Waals surface area (Å²) in [4.78, 5) is 12.5. The number of H-pyrrole nitrogens is 1. The number of aromatic amines is 1. The SMILES string of the molecule is CCOc1cccc(/C=N\NC(=O)c2cc(-c3ccc4c5c(cccc35)CC4)n[nH]2)c1O. The molecule has 7 nitrogen and oxygen atoms in total. The topological polar surface area (TPSA) is 99.6 Å². The lowest BCUT2D eigenvalue weighted by atomic mass is 9.98. The van der Waals surface area contributed by atoms with E-state index >= 15 is 0 Å². The lowest BCUT2D eigenvalue weighted by molar-refractivity contribution is 0.0950. The Morgan fingerprint density at radius 2 is 2.00 bits per heavy atom. The van der Waals surface area contributed by atoms with Gasteiger partial charge in [-0.1, -0.05) is 36.4 Å². The Balaban J connectivity index is 1.35. The average Bonchev–Trinajstić information content (AvgIpc) is 3.46. The highest BCUT2D eigenvalue weighted by Crippen LogP contribution is 2.36. The number of carbonyl (C=O) groups is 1. The number of nitrogens with zero attached hydrogens (tertiary/aromatic N) is 2. The summed E-state index contributed by atoms with van der Waals surface area (Å²) < 4.78 is 5.36. The zero-order valence-electron chi connectivity index (χ0n) is 17.6. The molecule has 1 heterocycles. The number of para-hydroxylation sites is 1. The van der Waals surface area contributed by atoms with Crippen molar-refractivity contribution in [2.45, 2.75) is 19.8 Å². The molecule has 32 heavy (non-hydrogen) atoms. The van der Waals surface area contributed by atoms with Crippen LogP contribution in [0.3, 0.4) is 0 Å². The molecule has 1 aliphatic rings. The highest BCUT2D eigenvalue weighted by atomic mass is 16.5. The maximum atomic E-state index is 12.5. The minimum atomic E-state index is -0.425. The standard InChI is InChI=1S/C25H22N4O3/c1-2-32-22-8-4-6-17(24(22)30)14-26-29-25(31)21-13-20(27-28-21)18-12-11-16-10-9-15-5-3-7-19(18)23(15)16/h3-8,11-14,30H,2,9-10H2,1H3,(H,27,28)(H,29,31)/b26-14-. The summed E-state index contributed by atoms with van der Waals surface area (Å²) in [5.41, 5.74) is 7.62. The number of benzene rings is 3. The van der Waals surface area contributed by atoms with E-state index in [0.717, 1.165) is 23.8 Å². The van der Waals surface area contributed by atoms with Gasteiger partial charge in [-0.2, -0.15) is 10.2 Å². The van der Waals surface area contributed by atoms with E-state index in [1.54, 1.807) is 24.3 Å². The predicted octanol–water partition coefficient (Wildman–Crippen LogP) is 4.20. The molecule has 0 atom stereocenters. The number of ether oxygens (including phenoxy) is 1. The second-order valence-electron chi connectivity index (χ2n) is 7.60. The molecule has 4 aromatic rings. The van der Waals surface area contributed by atoms with Crippen molar-refractivity contribution in [2.24, 2.45) is 5.10 Å². The summed E-state index contributed by atoms with van der Waals surface area (Å²) in [5, 5.41) is 23.8. The van der Waals surface area contributed by atoms with Crippen molar-refractivity contribution in [1.29, 1.82) is 0 Å². The zero-order valence-corrected chi connectivity index (χ0v) is 17.6. The number of hydrazone groups is 1. The van der Waals surface area contributed by atoms with Crippen LogP contribution in [0.15, 0.2) is 59.7 Å². The first kappa shape index (κ1) is 19.8. The van der Waals surface area contributed by atoms with Gasteiger partial charge in [0.15, 0.2) is 11.5 Å². The largest absolute Gasteiger partial charge is 0.504 e. The minimum absolute atomic E-state index is 0.0248. The van der Waals surface area contributed by atoms with Crippen LogP contribution in [0.25, 0.3) is 22.0 Å². The maximum Gasteiger partial charge on any atom is 0.289 e. The molecule has 7 heteroatoms. The van der Waals surface area contributed by atoms with Crippen LogP contribution >= 0.6 is 0 Å². The third kappa shape index (κ3) is 3.47. The minimum Gasteiger partial charge on any atom is -0.504 e. The van der Waals surface area contributed by atoms with Crippen LogP contribution in [0.1, 0.15) is 34.1 Å². The van der Waals surface area contributed by atoms with E-state index in [4.69, 9.17) is 4.74 Å². The zero-order chi connectivity index (χ0) is 22.1. The number of phenolic OH excluding ortho intramolecular Hbond substituents is 1. The third-order valence-electron chi connectivity index (χ3n) is 5.68. The van der Waals surface area contributed by atoms with Gasteiger partial charge in [0.05, 0.1) is 18.5 Å². The van der Waals surface area contributed by atoms with Crippen LogP contribution in [0.2, 0.25) is 0 Å². The Bertz CT molecular complexity index is 1350. The lowest BCUT2D eigenvalue weighted by Gasteiger charge is -2.07. The van der Waals surface area contributed by atoms with Gasteiger partial charge in [0.1, 0.15) is 5.69 Å². The van der Waals surface area contributed by atoms with Crippen molar-refractivity contribution < 1.29 is 14.6 Å². The first-order valence-corrected chi connectivity index (χ1v) is 10.5. The van der Waals surface area contributed by atoms with Gasteiger partial charge in [-0.05, 0) is 59.9 Å². The molecule has 1 aliphatic carbocycles. The molecular weight excluding hydrogens is 404 g/mol. The van der Waals surface area contributed by atoms with Crippen LogP contribution in [-0.2, 0) is 12.8 Å². The fourth-order valence-electron chi connectivity index (χ4n) is 4.18. The Hall–Kier alpha value is -4.13. The molecule has 0 saturated heterocycles. The molecule has 0 unspecified atom stereocenters. The summed E-state index contributed by atoms with van der Waals surface area (Å²) in [6.07, 6.45) is 3.49. The summed E-state index contributed by atoms with van der Waals surface area (Å²) >= 11 is 0. The van der Waals surface area contributed by atoms with Crippen molar-refractivity contribution in [3.05, 3.63) is 77.0 Å². The van der Waals surface area contributed by atoms with Gasteiger partial charge in [-0.25, -0.2) is 5.43 Å². The van der Waals surface area contributed by atoms with Crippen molar-refractivity contribution >= 4 is 22.9 Å². The highest BCUT2D eigenvalue weighted by molar-refractivity contribution is 6.02. The predicted molar refractivity (Wildman–Crippen MR) is 123 cm³/mol. The molecule has 0 fully saturated rings. The fraction of sp³-hybridized carbons (Fsp3) is 0.160. The Labute approximate surface area is 184 Å². The smallest absolute Gasteiger partial charge is 0.289 e. The van der Waals surface area contributed by atoms with Gasteiger partial charge in [0.2, 0.25) is 0 Å². The quantitative estimate of drug-likeness (QED) is 0.318. The Kier molecular flexibility index (Phi) is 5.07. The van der Waals surface area contributed by atoms with Crippen molar-refractivity contribution in [1.82, 2.24) is 15.6 Å². The number of amides is 1. The van der Waals surface area contributed by atoms with E-state index < -0.39 is 5.91 Å². The normalized spacial score (nSPS) is 12.5. The van der Waals surface area contributed by atoms with Crippen molar-refractivity contribution in [2.75, 3.05) is 6.61 Å². The second kappa shape index (κ2) is 8.19. The lowest BCUT2D eigenvalue weighted by Crippen LogP contribution is -2.18. The molecule has 5 rings (SSSR count). The van der Waals surface area contributed by atoms with E-state index in [9.17, 15) is 9.90 Å². The first-order chi connectivity index (χ1) is 15.7. The number of hydrogen-bond acceptors (Lipinski definition) is 5. The van der Waals surface area contributed by atoms with Crippen LogP contribution in [0, 0.1) is 0 Å². The molecule has 1 amide bonds. The Morgan fingerprint density at radius 1 is 1.19 bits per heavy atom. The van der Waals surface area contributed by atoms with Crippen molar-refractivity contribution in [3.8, 4) is 22.8 Å². The summed E-state index contributed by atoms with van der Waals surface area (Å²) in [6, 6.07) is 17.4.